The van der Waals surface area contributed by atoms with Gasteiger partial charge in [-0.2, -0.15) is 0 Å². The summed E-state index contributed by atoms with van der Waals surface area (Å²) in [6.45, 7) is 6.76. The van der Waals surface area contributed by atoms with Crippen LogP contribution in [0.2, 0.25) is 0 Å². The molecule has 0 bridgehead atoms. The van der Waals surface area contributed by atoms with E-state index >= 15 is 0 Å². The Bertz CT molecular complexity index is 1260. The van der Waals surface area contributed by atoms with E-state index in [0.717, 1.165) is 12.8 Å². The normalized spacial score (nSPS) is 24.6. The lowest BCUT2D eigenvalue weighted by molar-refractivity contribution is -0.145. The summed E-state index contributed by atoms with van der Waals surface area (Å²) in [7, 11) is 0. The lowest BCUT2D eigenvalue weighted by atomic mass is 9.81. The Hall–Kier alpha value is -3.91. The third-order valence-electron chi connectivity index (χ3n) is 7.03. The van der Waals surface area contributed by atoms with Gasteiger partial charge in [0, 0.05) is 30.8 Å². The third kappa shape index (κ3) is 3.44. The fraction of sp³-hybridized carbons (Fsp3) is 0.321. The number of likely N-dealkylation sites (tertiary alicyclic amines) is 1. The number of Topliss-reactive ketones (excluding diaryl/α,β-unsaturated/α-hetero) is 1. The fourth-order valence-corrected chi connectivity index (χ4v) is 5.43. The molecule has 5 rings (SSSR count). The highest BCUT2D eigenvalue weighted by Crippen LogP contribution is 2.53. The molecule has 2 amide bonds. The Kier molecular flexibility index (Phi) is 6.14. The van der Waals surface area contributed by atoms with Crippen molar-refractivity contribution < 1.29 is 29.0 Å². The highest BCUT2D eigenvalue weighted by molar-refractivity contribution is 6.50. The van der Waals surface area contributed by atoms with Crippen LogP contribution in [0.3, 0.4) is 0 Å². The molecule has 2 aromatic rings. The first-order valence-electron chi connectivity index (χ1n) is 12.1. The molecule has 1 N–H and O–H groups in total. The van der Waals surface area contributed by atoms with E-state index in [0.29, 0.717) is 42.3 Å². The summed E-state index contributed by atoms with van der Waals surface area (Å²) in [5.41, 5.74) is -0.575. The molecule has 0 unspecified atom stereocenters. The maximum Gasteiger partial charge on any atom is 0.296 e. The van der Waals surface area contributed by atoms with Crippen molar-refractivity contribution in [3.63, 3.8) is 0 Å². The van der Waals surface area contributed by atoms with Gasteiger partial charge in [0.2, 0.25) is 0 Å². The van der Waals surface area contributed by atoms with Gasteiger partial charge in [-0.1, -0.05) is 30.9 Å². The maximum absolute atomic E-state index is 14.2. The highest BCUT2D eigenvalue weighted by Gasteiger charge is 2.67. The van der Waals surface area contributed by atoms with Gasteiger partial charge < -0.3 is 24.4 Å². The number of hydrogen-bond acceptors (Lipinski definition) is 6. The maximum atomic E-state index is 14.2. The molecule has 0 saturated carbocycles. The summed E-state index contributed by atoms with van der Waals surface area (Å²) < 4.78 is 11.3. The molecule has 0 aliphatic carbocycles. The molecular weight excluding hydrogens is 460 g/mol. The molecule has 2 saturated heterocycles. The fourth-order valence-electron chi connectivity index (χ4n) is 5.43. The van der Waals surface area contributed by atoms with Gasteiger partial charge in [0.15, 0.2) is 5.54 Å². The van der Waals surface area contributed by atoms with Crippen molar-refractivity contribution in [3.05, 3.63) is 77.9 Å². The van der Waals surface area contributed by atoms with Crippen LogP contribution in [0.25, 0.3) is 5.76 Å². The van der Waals surface area contributed by atoms with Crippen LogP contribution in [0.15, 0.2) is 66.8 Å². The number of nitrogens with zero attached hydrogens (tertiary/aromatic N) is 2. The zero-order valence-corrected chi connectivity index (χ0v) is 20.1. The van der Waals surface area contributed by atoms with Crippen LogP contribution >= 0.6 is 0 Å². The number of fused-ring (bicyclic) bond motifs is 2. The van der Waals surface area contributed by atoms with E-state index in [-0.39, 0.29) is 18.2 Å². The molecule has 8 nitrogen and oxygen atoms in total. The van der Waals surface area contributed by atoms with Gasteiger partial charge in [0.1, 0.15) is 18.1 Å². The number of hydrogen-bond donors (Lipinski definition) is 1. The van der Waals surface area contributed by atoms with Crippen LogP contribution in [0.1, 0.15) is 30.9 Å². The predicted octanol–water partition coefficient (Wildman–Crippen LogP) is 3.37. The number of para-hydroxylation sites is 1. The van der Waals surface area contributed by atoms with E-state index in [1.807, 2.05) is 13.0 Å². The van der Waals surface area contributed by atoms with Gasteiger partial charge >= 0.3 is 0 Å². The first kappa shape index (κ1) is 23.8. The standard InChI is InChI=1S/C28H28N2O6/c1-3-15-35-19-13-11-18(12-14-19)24(31)23-25(32)26(33)30(17-20-8-7-16-36-20)28(23)21-9-5-6-10-22(21)29(4-2)27(28)34/h3,5-6,9-14,20,31H,1,4,7-8,15-17H2,2H3/t20-,28-/m1/s1. The molecule has 2 fully saturated rings. The van der Waals surface area contributed by atoms with Gasteiger partial charge in [-0.05, 0) is 50.1 Å². The number of ketones is 1. The molecule has 2 atom stereocenters. The molecule has 8 heteroatoms. The van der Waals surface area contributed by atoms with Crippen molar-refractivity contribution in [2.24, 2.45) is 0 Å². The highest BCUT2D eigenvalue weighted by atomic mass is 16.5. The van der Waals surface area contributed by atoms with Crippen LogP contribution < -0.4 is 9.64 Å². The van der Waals surface area contributed by atoms with Crippen molar-refractivity contribution >= 4 is 29.0 Å². The number of ether oxygens (including phenoxy) is 2. The van der Waals surface area contributed by atoms with Crippen LogP contribution in [0.5, 0.6) is 5.75 Å². The summed E-state index contributed by atoms with van der Waals surface area (Å²) in [6, 6.07) is 13.6. The number of aliphatic hydroxyl groups excluding tert-OH is 1. The smallest absolute Gasteiger partial charge is 0.296 e. The Labute approximate surface area is 209 Å². The number of benzene rings is 2. The van der Waals surface area contributed by atoms with E-state index in [4.69, 9.17) is 9.47 Å². The number of rotatable bonds is 7. The first-order chi connectivity index (χ1) is 17.4. The average molecular weight is 489 g/mol. The Morgan fingerprint density at radius 3 is 2.61 bits per heavy atom. The molecule has 36 heavy (non-hydrogen) atoms. The second kappa shape index (κ2) is 9.28. The zero-order chi connectivity index (χ0) is 25.4. The monoisotopic (exact) mass is 488 g/mol. The van der Waals surface area contributed by atoms with E-state index in [1.165, 1.54) is 4.90 Å². The Balaban J connectivity index is 1.71. The summed E-state index contributed by atoms with van der Waals surface area (Å²) in [5, 5.41) is 11.5. The molecule has 1 spiro atoms. The summed E-state index contributed by atoms with van der Waals surface area (Å²) in [4.78, 5) is 44.1. The summed E-state index contributed by atoms with van der Waals surface area (Å²) >= 11 is 0. The minimum atomic E-state index is -1.77. The lowest BCUT2D eigenvalue weighted by Crippen LogP contribution is -2.53. The van der Waals surface area contributed by atoms with Crippen LogP contribution in [-0.2, 0) is 24.7 Å². The molecule has 0 radical (unpaired) electrons. The minimum Gasteiger partial charge on any atom is -0.507 e. The van der Waals surface area contributed by atoms with Crippen molar-refractivity contribution in [2.75, 3.05) is 31.2 Å². The topological polar surface area (TPSA) is 96.4 Å². The second-order valence-corrected chi connectivity index (χ2v) is 9.00. The van der Waals surface area contributed by atoms with E-state index in [1.54, 1.807) is 53.4 Å². The number of aliphatic hydroxyl groups is 1. The van der Waals surface area contributed by atoms with Gasteiger partial charge in [-0.25, -0.2) is 0 Å². The van der Waals surface area contributed by atoms with Gasteiger partial charge in [-0.15, -0.1) is 0 Å². The molecule has 3 aliphatic rings. The van der Waals surface area contributed by atoms with Gasteiger partial charge in [-0.3, -0.25) is 14.4 Å². The number of anilines is 1. The zero-order valence-electron chi connectivity index (χ0n) is 20.1. The number of carbonyl (C=O) groups is 3. The number of amides is 2. The molecule has 186 valence electrons. The van der Waals surface area contributed by atoms with Gasteiger partial charge in [0.25, 0.3) is 17.6 Å². The minimum absolute atomic E-state index is 0.0767. The van der Waals surface area contributed by atoms with Crippen molar-refractivity contribution in [1.82, 2.24) is 4.90 Å². The first-order valence-corrected chi connectivity index (χ1v) is 12.1. The lowest BCUT2D eigenvalue weighted by Gasteiger charge is -2.35. The van der Waals surface area contributed by atoms with Crippen molar-refractivity contribution in [2.45, 2.75) is 31.4 Å². The van der Waals surface area contributed by atoms with E-state index in [9.17, 15) is 19.5 Å². The quantitative estimate of drug-likeness (QED) is 0.278. The Morgan fingerprint density at radius 1 is 1.19 bits per heavy atom. The molecular formula is C28H28N2O6. The second-order valence-electron chi connectivity index (χ2n) is 9.00. The van der Waals surface area contributed by atoms with Crippen LogP contribution in [-0.4, -0.2) is 60.0 Å². The van der Waals surface area contributed by atoms with E-state index in [2.05, 4.69) is 6.58 Å². The summed E-state index contributed by atoms with van der Waals surface area (Å²) in [5.74, 6) is -1.99. The van der Waals surface area contributed by atoms with E-state index < -0.39 is 28.9 Å². The average Bonchev–Trinajstić information content (AvgIpc) is 3.56. The molecule has 3 aliphatic heterocycles. The van der Waals surface area contributed by atoms with Crippen LogP contribution in [0.4, 0.5) is 5.69 Å². The van der Waals surface area contributed by atoms with Gasteiger partial charge in [0.05, 0.1) is 17.4 Å². The summed E-state index contributed by atoms with van der Waals surface area (Å²) in [6.07, 6.45) is 2.88. The third-order valence-corrected chi connectivity index (χ3v) is 7.03. The SMILES string of the molecule is C=CCOc1ccc(C(O)=C2C(=O)C(=O)N(C[C@H]3CCCO3)[C@@]23C(=O)N(CC)c2ccccc23)cc1. The van der Waals surface area contributed by atoms with Crippen molar-refractivity contribution in [3.8, 4) is 5.75 Å². The van der Waals surface area contributed by atoms with Crippen LogP contribution in [0, 0.1) is 0 Å². The number of likely N-dealkylation sites (N-methyl/N-ethyl adjacent to an activating group) is 1. The Morgan fingerprint density at radius 2 is 1.94 bits per heavy atom. The van der Waals surface area contributed by atoms with Crippen molar-refractivity contribution in [1.29, 1.82) is 0 Å². The predicted molar refractivity (Wildman–Crippen MR) is 134 cm³/mol. The largest absolute Gasteiger partial charge is 0.507 e. The molecule has 2 aromatic carbocycles. The number of carbonyl (C=O) groups excluding carboxylic acids is 3. The molecule has 0 aromatic heterocycles. The molecule has 3 heterocycles.